The molecule has 0 atom stereocenters. The van der Waals surface area contributed by atoms with Crippen molar-refractivity contribution in [1.82, 2.24) is 0 Å². The number of benzene rings is 2. The Morgan fingerprint density at radius 3 is 2.68 bits per heavy atom. The molecule has 0 aliphatic rings. The van der Waals surface area contributed by atoms with Gasteiger partial charge in [0.1, 0.15) is 0 Å². The predicted molar refractivity (Wildman–Crippen MR) is 78.7 cm³/mol. The molecule has 0 heterocycles. The van der Waals surface area contributed by atoms with Gasteiger partial charge < -0.3 is 11.1 Å². The molecule has 3 N–H and O–H groups in total. The predicted octanol–water partition coefficient (Wildman–Crippen LogP) is 3.70. The van der Waals surface area contributed by atoms with E-state index in [4.69, 9.17) is 28.9 Å². The molecule has 3 nitrogen and oxygen atoms in total. The van der Waals surface area contributed by atoms with E-state index < -0.39 is 0 Å². The first-order valence-electron chi connectivity index (χ1n) is 5.65. The van der Waals surface area contributed by atoms with E-state index in [0.29, 0.717) is 27.8 Å². The molecule has 0 aromatic heterocycles. The van der Waals surface area contributed by atoms with Crippen LogP contribution < -0.4 is 11.1 Å². The number of halogens is 2. The molecule has 0 radical (unpaired) electrons. The quantitative estimate of drug-likeness (QED) is 0.907. The van der Waals surface area contributed by atoms with Gasteiger partial charge in [-0.05, 0) is 35.9 Å². The molecule has 0 saturated heterocycles. The zero-order chi connectivity index (χ0) is 13.8. The van der Waals surface area contributed by atoms with Crippen LogP contribution in [-0.2, 0) is 6.54 Å². The number of carbonyl (C=O) groups excluding carboxylic acids is 1. The lowest BCUT2D eigenvalue weighted by Crippen LogP contribution is -2.12. The highest BCUT2D eigenvalue weighted by molar-refractivity contribution is 6.35. The van der Waals surface area contributed by atoms with E-state index in [9.17, 15) is 4.79 Å². The van der Waals surface area contributed by atoms with Gasteiger partial charge in [-0.15, -0.1) is 0 Å². The lowest BCUT2D eigenvalue weighted by Gasteiger charge is -2.08. The number of carbonyl (C=O) groups is 1. The molecule has 0 bridgehead atoms. The number of amides is 1. The standard InChI is InChI=1S/C14H12Cl2N2O/c15-11-4-5-12(16)13(7-11)18-14(19)10-3-1-2-9(6-10)8-17/h1-7H,8,17H2,(H,18,19). The minimum atomic E-state index is -0.250. The van der Waals surface area contributed by atoms with E-state index in [0.717, 1.165) is 5.56 Å². The summed E-state index contributed by atoms with van der Waals surface area (Å²) < 4.78 is 0. The topological polar surface area (TPSA) is 55.1 Å². The number of nitrogens with one attached hydrogen (secondary N) is 1. The van der Waals surface area contributed by atoms with Crippen molar-refractivity contribution in [2.24, 2.45) is 5.73 Å². The van der Waals surface area contributed by atoms with Crippen molar-refractivity contribution in [2.75, 3.05) is 5.32 Å². The van der Waals surface area contributed by atoms with E-state index >= 15 is 0 Å². The molecule has 0 unspecified atom stereocenters. The molecular formula is C14H12Cl2N2O. The van der Waals surface area contributed by atoms with E-state index in [1.807, 2.05) is 6.07 Å². The molecule has 5 heteroatoms. The summed E-state index contributed by atoms with van der Waals surface area (Å²) in [7, 11) is 0. The van der Waals surface area contributed by atoms with Gasteiger partial charge in [0.05, 0.1) is 10.7 Å². The third-order valence-corrected chi connectivity index (χ3v) is 3.17. The summed E-state index contributed by atoms with van der Waals surface area (Å²) >= 11 is 11.9. The summed E-state index contributed by atoms with van der Waals surface area (Å²) in [5, 5.41) is 3.67. The molecule has 0 saturated carbocycles. The van der Waals surface area contributed by atoms with Crippen LogP contribution in [0.2, 0.25) is 10.0 Å². The maximum atomic E-state index is 12.1. The van der Waals surface area contributed by atoms with Crippen LogP contribution >= 0.6 is 23.2 Å². The third kappa shape index (κ3) is 3.47. The van der Waals surface area contributed by atoms with Crippen molar-refractivity contribution in [3.63, 3.8) is 0 Å². The molecule has 0 fully saturated rings. The average molecular weight is 295 g/mol. The SMILES string of the molecule is NCc1cccc(C(=O)Nc2cc(Cl)ccc2Cl)c1. The fraction of sp³-hybridized carbons (Fsp3) is 0.0714. The smallest absolute Gasteiger partial charge is 0.255 e. The Hall–Kier alpha value is -1.55. The summed E-state index contributed by atoms with van der Waals surface area (Å²) in [6, 6.07) is 12.0. The number of anilines is 1. The van der Waals surface area contributed by atoms with Crippen LogP contribution in [0.25, 0.3) is 0 Å². The van der Waals surface area contributed by atoms with Crippen LogP contribution in [0, 0.1) is 0 Å². The fourth-order valence-corrected chi connectivity index (χ4v) is 1.96. The summed E-state index contributed by atoms with van der Waals surface area (Å²) in [6.45, 7) is 0.388. The van der Waals surface area contributed by atoms with E-state index in [1.54, 1.807) is 36.4 Å². The maximum absolute atomic E-state index is 12.1. The second-order valence-electron chi connectivity index (χ2n) is 3.98. The summed E-state index contributed by atoms with van der Waals surface area (Å²) in [5.41, 5.74) is 7.45. The number of hydrogen-bond acceptors (Lipinski definition) is 2. The molecule has 19 heavy (non-hydrogen) atoms. The largest absolute Gasteiger partial charge is 0.326 e. The van der Waals surface area contributed by atoms with Gasteiger partial charge in [-0.2, -0.15) is 0 Å². The van der Waals surface area contributed by atoms with Crippen LogP contribution in [0.1, 0.15) is 15.9 Å². The summed E-state index contributed by atoms with van der Waals surface area (Å²) in [5.74, 6) is -0.250. The number of rotatable bonds is 3. The molecule has 98 valence electrons. The van der Waals surface area contributed by atoms with Crippen molar-refractivity contribution < 1.29 is 4.79 Å². The Kier molecular flexibility index (Phi) is 4.43. The molecule has 2 aromatic carbocycles. The first-order chi connectivity index (χ1) is 9.10. The van der Waals surface area contributed by atoms with Crippen molar-refractivity contribution >= 4 is 34.8 Å². The van der Waals surface area contributed by atoms with Crippen LogP contribution in [0.4, 0.5) is 5.69 Å². The van der Waals surface area contributed by atoms with Gasteiger partial charge >= 0.3 is 0 Å². The van der Waals surface area contributed by atoms with Crippen LogP contribution in [0.3, 0.4) is 0 Å². The van der Waals surface area contributed by atoms with Crippen molar-refractivity contribution in [1.29, 1.82) is 0 Å². The minimum Gasteiger partial charge on any atom is -0.326 e. The van der Waals surface area contributed by atoms with Gasteiger partial charge in [0, 0.05) is 17.1 Å². The maximum Gasteiger partial charge on any atom is 0.255 e. The lowest BCUT2D eigenvalue weighted by atomic mass is 10.1. The second kappa shape index (κ2) is 6.06. The molecule has 2 rings (SSSR count). The van der Waals surface area contributed by atoms with Gasteiger partial charge in [-0.25, -0.2) is 0 Å². The van der Waals surface area contributed by atoms with Gasteiger partial charge in [0.15, 0.2) is 0 Å². The summed E-state index contributed by atoms with van der Waals surface area (Å²) in [6.07, 6.45) is 0. The average Bonchev–Trinajstić information content (AvgIpc) is 2.43. The molecule has 0 aliphatic carbocycles. The van der Waals surface area contributed by atoms with Crippen molar-refractivity contribution in [3.05, 3.63) is 63.6 Å². The monoisotopic (exact) mass is 294 g/mol. The van der Waals surface area contributed by atoms with E-state index in [1.165, 1.54) is 0 Å². The van der Waals surface area contributed by atoms with E-state index in [-0.39, 0.29) is 5.91 Å². The summed E-state index contributed by atoms with van der Waals surface area (Å²) in [4.78, 5) is 12.1. The van der Waals surface area contributed by atoms with Gasteiger partial charge in [-0.3, -0.25) is 4.79 Å². The number of nitrogens with two attached hydrogens (primary N) is 1. The van der Waals surface area contributed by atoms with Gasteiger partial charge in [-0.1, -0.05) is 35.3 Å². The zero-order valence-electron chi connectivity index (χ0n) is 9.99. The molecular weight excluding hydrogens is 283 g/mol. The van der Waals surface area contributed by atoms with Crippen LogP contribution in [0.5, 0.6) is 0 Å². The molecule has 1 amide bonds. The highest BCUT2D eigenvalue weighted by Gasteiger charge is 2.09. The van der Waals surface area contributed by atoms with Crippen molar-refractivity contribution in [3.8, 4) is 0 Å². The number of hydrogen-bond donors (Lipinski definition) is 2. The fourth-order valence-electron chi connectivity index (χ4n) is 1.63. The Bertz CT molecular complexity index is 614. The van der Waals surface area contributed by atoms with Crippen LogP contribution in [-0.4, -0.2) is 5.91 Å². The Labute approximate surface area is 121 Å². The highest BCUT2D eigenvalue weighted by Crippen LogP contribution is 2.25. The molecule has 2 aromatic rings. The van der Waals surface area contributed by atoms with Crippen LogP contribution in [0.15, 0.2) is 42.5 Å². The second-order valence-corrected chi connectivity index (χ2v) is 4.83. The van der Waals surface area contributed by atoms with E-state index in [2.05, 4.69) is 5.32 Å². The lowest BCUT2D eigenvalue weighted by molar-refractivity contribution is 0.102. The van der Waals surface area contributed by atoms with Crippen molar-refractivity contribution in [2.45, 2.75) is 6.54 Å². The third-order valence-electron chi connectivity index (χ3n) is 2.60. The Morgan fingerprint density at radius 1 is 1.16 bits per heavy atom. The Balaban J connectivity index is 2.22. The zero-order valence-corrected chi connectivity index (χ0v) is 11.5. The highest BCUT2D eigenvalue weighted by atomic mass is 35.5. The normalized spacial score (nSPS) is 10.3. The molecule has 0 aliphatic heterocycles. The molecule has 0 spiro atoms. The van der Waals surface area contributed by atoms with Gasteiger partial charge in [0.2, 0.25) is 0 Å². The first kappa shape index (κ1) is 13.9. The van der Waals surface area contributed by atoms with Gasteiger partial charge in [0.25, 0.3) is 5.91 Å². The first-order valence-corrected chi connectivity index (χ1v) is 6.41. The minimum absolute atomic E-state index is 0.250. The Morgan fingerprint density at radius 2 is 1.95 bits per heavy atom.